The van der Waals surface area contributed by atoms with E-state index in [9.17, 15) is 9.59 Å². The lowest BCUT2D eigenvalue weighted by molar-refractivity contribution is -0.121. The standard InChI is InChI=1S/C26H21NO3/c28-24(27-15-7-11-18-8-3-6-14-23(18)27)17-30-26(29)25-21-12-4-1-9-19(21)16-20-10-2-5-13-22(20)25/h1-6,8-10,12-14,16H,7,11,15,17H2. The molecule has 148 valence electrons. The van der Waals surface area contributed by atoms with Gasteiger partial charge in [-0.05, 0) is 52.1 Å². The molecule has 0 spiro atoms. The topological polar surface area (TPSA) is 46.6 Å². The van der Waals surface area contributed by atoms with Crippen molar-refractivity contribution in [1.82, 2.24) is 0 Å². The van der Waals surface area contributed by atoms with Gasteiger partial charge >= 0.3 is 5.97 Å². The van der Waals surface area contributed by atoms with E-state index in [0.29, 0.717) is 12.1 Å². The van der Waals surface area contributed by atoms with E-state index in [1.807, 2.05) is 72.8 Å². The van der Waals surface area contributed by atoms with Gasteiger partial charge in [0.05, 0.1) is 5.56 Å². The summed E-state index contributed by atoms with van der Waals surface area (Å²) in [5.74, 6) is -0.665. The minimum atomic E-state index is -0.471. The molecule has 0 radical (unpaired) electrons. The van der Waals surface area contributed by atoms with Crippen LogP contribution in [0, 0.1) is 0 Å². The molecular weight excluding hydrogens is 374 g/mol. The number of rotatable bonds is 3. The van der Waals surface area contributed by atoms with Gasteiger partial charge in [0.1, 0.15) is 0 Å². The van der Waals surface area contributed by atoms with Crippen LogP contribution in [0.1, 0.15) is 22.3 Å². The van der Waals surface area contributed by atoms with E-state index in [-0.39, 0.29) is 12.5 Å². The number of hydrogen-bond acceptors (Lipinski definition) is 3. The van der Waals surface area contributed by atoms with Crippen molar-refractivity contribution in [1.29, 1.82) is 0 Å². The zero-order valence-corrected chi connectivity index (χ0v) is 16.5. The lowest BCUT2D eigenvalue weighted by atomic mass is 9.97. The van der Waals surface area contributed by atoms with Crippen molar-refractivity contribution < 1.29 is 14.3 Å². The zero-order valence-electron chi connectivity index (χ0n) is 16.5. The molecule has 0 bridgehead atoms. The molecule has 0 fully saturated rings. The number of amides is 1. The molecule has 4 nitrogen and oxygen atoms in total. The number of fused-ring (bicyclic) bond motifs is 3. The summed E-state index contributed by atoms with van der Waals surface area (Å²) in [5.41, 5.74) is 2.58. The maximum absolute atomic E-state index is 13.1. The highest BCUT2D eigenvalue weighted by molar-refractivity contribution is 6.16. The first-order chi connectivity index (χ1) is 14.7. The molecule has 0 atom stereocenters. The van der Waals surface area contributed by atoms with Gasteiger partial charge in [-0.15, -0.1) is 0 Å². The highest BCUT2D eigenvalue weighted by Crippen LogP contribution is 2.30. The van der Waals surface area contributed by atoms with Crippen LogP contribution in [0.25, 0.3) is 21.5 Å². The summed E-state index contributed by atoms with van der Waals surface area (Å²) in [7, 11) is 0. The van der Waals surface area contributed by atoms with Gasteiger partial charge in [0.15, 0.2) is 6.61 Å². The molecule has 0 unspecified atom stereocenters. The third kappa shape index (κ3) is 3.20. The molecule has 0 saturated carbocycles. The van der Waals surface area contributed by atoms with Crippen LogP contribution in [0.2, 0.25) is 0 Å². The van der Waals surface area contributed by atoms with Crippen LogP contribution in [-0.2, 0) is 16.0 Å². The second-order valence-corrected chi connectivity index (χ2v) is 7.55. The SMILES string of the molecule is O=C(OCC(=O)N1CCCc2ccccc21)c1c2ccccc2cc2ccccc12. The second kappa shape index (κ2) is 7.64. The largest absolute Gasteiger partial charge is 0.452 e. The highest BCUT2D eigenvalue weighted by Gasteiger charge is 2.24. The van der Waals surface area contributed by atoms with Crippen molar-refractivity contribution >= 4 is 39.1 Å². The Balaban J connectivity index is 1.44. The predicted octanol–water partition coefficient (Wildman–Crippen LogP) is 5.13. The highest BCUT2D eigenvalue weighted by atomic mass is 16.5. The van der Waals surface area contributed by atoms with Crippen LogP contribution in [0.4, 0.5) is 5.69 Å². The third-order valence-electron chi connectivity index (χ3n) is 5.71. The summed E-state index contributed by atoms with van der Waals surface area (Å²) in [4.78, 5) is 27.7. The van der Waals surface area contributed by atoms with Crippen molar-refractivity contribution in [3.05, 3.63) is 90.0 Å². The number of esters is 1. The Morgan fingerprint density at radius 2 is 1.47 bits per heavy atom. The quantitative estimate of drug-likeness (QED) is 0.357. The molecule has 0 saturated heterocycles. The number of aryl methyl sites for hydroxylation is 1. The Bertz CT molecular complexity index is 1220. The van der Waals surface area contributed by atoms with E-state index in [1.165, 1.54) is 0 Å². The molecule has 1 amide bonds. The summed E-state index contributed by atoms with van der Waals surface area (Å²) in [6.07, 6.45) is 1.87. The van der Waals surface area contributed by atoms with Crippen LogP contribution in [0.15, 0.2) is 78.9 Å². The van der Waals surface area contributed by atoms with Crippen molar-refractivity contribution in [2.75, 3.05) is 18.1 Å². The molecule has 5 rings (SSSR count). The molecule has 4 aromatic rings. The van der Waals surface area contributed by atoms with Gasteiger partial charge in [-0.3, -0.25) is 4.79 Å². The first-order valence-corrected chi connectivity index (χ1v) is 10.2. The number of carbonyl (C=O) groups is 2. The molecule has 0 aromatic heterocycles. The molecule has 1 aliphatic heterocycles. The first kappa shape index (κ1) is 18.4. The first-order valence-electron chi connectivity index (χ1n) is 10.2. The van der Waals surface area contributed by atoms with Crippen LogP contribution in [0.5, 0.6) is 0 Å². The lowest BCUT2D eigenvalue weighted by Gasteiger charge is -2.29. The average Bonchev–Trinajstić information content (AvgIpc) is 2.80. The van der Waals surface area contributed by atoms with E-state index < -0.39 is 5.97 Å². The summed E-state index contributed by atoms with van der Waals surface area (Å²) >= 11 is 0. The molecule has 0 N–H and O–H groups in total. The average molecular weight is 395 g/mol. The summed E-state index contributed by atoms with van der Waals surface area (Å²) in [6, 6.07) is 25.5. The number of para-hydroxylation sites is 1. The van der Waals surface area contributed by atoms with Gasteiger partial charge in [-0.25, -0.2) is 4.79 Å². The number of benzene rings is 4. The van der Waals surface area contributed by atoms with Gasteiger partial charge in [-0.1, -0.05) is 66.7 Å². The second-order valence-electron chi connectivity index (χ2n) is 7.55. The fraction of sp³-hybridized carbons (Fsp3) is 0.154. The zero-order chi connectivity index (χ0) is 20.5. The van der Waals surface area contributed by atoms with Crippen molar-refractivity contribution in [2.24, 2.45) is 0 Å². The van der Waals surface area contributed by atoms with Gasteiger partial charge in [-0.2, -0.15) is 0 Å². The number of carbonyl (C=O) groups excluding carboxylic acids is 2. The van der Waals surface area contributed by atoms with Crippen LogP contribution < -0.4 is 4.90 Å². The van der Waals surface area contributed by atoms with Gasteiger partial charge in [0, 0.05) is 12.2 Å². The van der Waals surface area contributed by atoms with Crippen molar-refractivity contribution in [3.63, 3.8) is 0 Å². The normalized spacial score (nSPS) is 13.3. The molecule has 1 heterocycles. The van der Waals surface area contributed by atoms with Crippen molar-refractivity contribution in [3.8, 4) is 0 Å². The molecular formula is C26H21NO3. The Hall–Kier alpha value is -3.66. The number of ether oxygens (including phenoxy) is 1. The lowest BCUT2D eigenvalue weighted by Crippen LogP contribution is -2.38. The third-order valence-corrected chi connectivity index (χ3v) is 5.71. The molecule has 4 heteroatoms. The van der Waals surface area contributed by atoms with Gasteiger partial charge in [0.2, 0.25) is 0 Å². The number of nitrogens with zero attached hydrogens (tertiary/aromatic N) is 1. The fourth-order valence-corrected chi connectivity index (χ4v) is 4.30. The number of anilines is 1. The van der Waals surface area contributed by atoms with Crippen LogP contribution >= 0.6 is 0 Å². The minimum Gasteiger partial charge on any atom is -0.452 e. The number of hydrogen-bond donors (Lipinski definition) is 0. The van der Waals surface area contributed by atoms with E-state index >= 15 is 0 Å². The monoisotopic (exact) mass is 395 g/mol. The van der Waals surface area contributed by atoms with Crippen molar-refractivity contribution in [2.45, 2.75) is 12.8 Å². The smallest absolute Gasteiger partial charge is 0.339 e. The Kier molecular flexibility index (Phi) is 4.68. The maximum atomic E-state index is 13.1. The van der Waals surface area contributed by atoms with E-state index in [0.717, 1.165) is 45.6 Å². The van der Waals surface area contributed by atoms with Gasteiger partial charge in [0.25, 0.3) is 5.91 Å². The van der Waals surface area contributed by atoms with Crippen LogP contribution in [0.3, 0.4) is 0 Å². The maximum Gasteiger partial charge on any atom is 0.339 e. The molecule has 1 aliphatic rings. The van der Waals surface area contributed by atoms with E-state index in [4.69, 9.17) is 4.74 Å². The fourth-order valence-electron chi connectivity index (χ4n) is 4.30. The van der Waals surface area contributed by atoms with Crippen LogP contribution in [-0.4, -0.2) is 25.0 Å². The van der Waals surface area contributed by atoms with E-state index in [2.05, 4.69) is 6.07 Å². The molecule has 30 heavy (non-hydrogen) atoms. The summed E-state index contributed by atoms with van der Waals surface area (Å²) < 4.78 is 5.54. The predicted molar refractivity (Wildman–Crippen MR) is 119 cm³/mol. The molecule has 0 aliphatic carbocycles. The Morgan fingerprint density at radius 1 is 0.833 bits per heavy atom. The summed E-state index contributed by atoms with van der Waals surface area (Å²) in [6.45, 7) is 0.370. The molecule has 4 aromatic carbocycles. The minimum absolute atomic E-state index is 0.194. The Labute approximate surface area is 174 Å². The van der Waals surface area contributed by atoms with Gasteiger partial charge < -0.3 is 9.64 Å². The summed E-state index contributed by atoms with van der Waals surface area (Å²) in [5, 5.41) is 3.60. The Morgan fingerprint density at radius 3 is 2.20 bits per heavy atom. The van der Waals surface area contributed by atoms with E-state index in [1.54, 1.807) is 4.90 Å².